The lowest BCUT2D eigenvalue weighted by Crippen LogP contribution is -2.15. The molecule has 0 fully saturated rings. The van der Waals surface area contributed by atoms with Gasteiger partial charge in [-0.3, -0.25) is 0 Å². The molecule has 1 aromatic heterocycles. The Morgan fingerprint density at radius 3 is 3.00 bits per heavy atom. The van der Waals surface area contributed by atoms with E-state index in [4.69, 9.17) is 0 Å². The summed E-state index contributed by atoms with van der Waals surface area (Å²) >= 11 is 0. The van der Waals surface area contributed by atoms with E-state index in [1.807, 2.05) is 35.8 Å². The molecule has 2 rings (SSSR count). The molecule has 3 heteroatoms. The van der Waals surface area contributed by atoms with Gasteiger partial charge in [-0.05, 0) is 25.5 Å². The van der Waals surface area contributed by atoms with E-state index in [1.165, 1.54) is 0 Å². The van der Waals surface area contributed by atoms with Crippen molar-refractivity contribution in [2.75, 3.05) is 0 Å². The topological polar surface area (TPSA) is 38.0 Å². The van der Waals surface area contributed by atoms with Crippen LogP contribution >= 0.6 is 0 Å². The number of rotatable bonds is 4. The predicted molar refractivity (Wildman–Crippen MR) is 65.2 cm³/mol. The highest BCUT2D eigenvalue weighted by Gasteiger charge is 2.08. The van der Waals surface area contributed by atoms with Gasteiger partial charge in [0.1, 0.15) is 0 Å². The number of benzene rings is 1. The number of aliphatic hydroxyl groups excluding tert-OH is 1. The summed E-state index contributed by atoms with van der Waals surface area (Å²) in [5.41, 5.74) is 3.02. The van der Waals surface area contributed by atoms with Crippen LogP contribution in [0.15, 0.2) is 42.7 Å². The van der Waals surface area contributed by atoms with Crippen LogP contribution in [0.5, 0.6) is 0 Å². The van der Waals surface area contributed by atoms with Crippen LogP contribution in [0.4, 0.5) is 0 Å². The number of nitrogens with zero attached hydrogens (tertiary/aromatic N) is 2. The SMILES string of the molecule is C=C(C)CC(O)Cn1cnc2ccccc21. The van der Waals surface area contributed by atoms with Crippen LogP contribution in [0, 0.1) is 0 Å². The van der Waals surface area contributed by atoms with Gasteiger partial charge in [0.15, 0.2) is 0 Å². The fraction of sp³-hybridized carbons (Fsp3) is 0.308. The van der Waals surface area contributed by atoms with E-state index in [0.717, 1.165) is 16.6 Å². The summed E-state index contributed by atoms with van der Waals surface area (Å²) < 4.78 is 1.98. The molecule has 0 aliphatic rings. The third-order valence-corrected chi connectivity index (χ3v) is 2.52. The summed E-state index contributed by atoms with van der Waals surface area (Å²) in [6.45, 7) is 6.29. The Kier molecular flexibility index (Phi) is 3.06. The first-order chi connectivity index (χ1) is 7.66. The summed E-state index contributed by atoms with van der Waals surface area (Å²) in [5.74, 6) is 0. The molecule has 1 heterocycles. The molecule has 0 spiro atoms. The van der Waals surface area contributed by atoms with Crippen molar-refractivity contribution in [2.45, 2.75) is 26.0 Å². The molecule has 1 unspecified atom stereocenters. The number of fused-ring (bicyclic) bond motifs is 1. The zero-order chi connectivity index (χ0) is 11.5. The first kappa shape index (κ1) is 10.9. The number of para-hydroxylation sites is 2. The van der Waals surface area contributed by atoms with E-state index in [1.54, 1.807) is 6.33 Å². The molecule has 0 aliphatic heterocycles. The molecular formula is C13H16N2O. The van der Waals surface area contributed by atoms with Gasteiger partial charge in [-0.25, -0.2) is 4.98 Å². The number of aliphatic hydroxyl groups is 1. The summed E-state index contributed by atoms with van der Waals surface area (Å²) in [5, 5.41) is 9.84. The minimum absolute atomic E-state index is 0.393. The highest BCUT2D eigenvalue weighted by Crippen LogP contribution is 2.13. The molecule has 0 aliphatic carbocycles. The Hall–Kier alpha value is -1.61. The van der Waals surface area contributed by atoms with Gasteiger partial charge in [-0.15, -0.1) is 6.58 Å². The van der Waals surface area contributed by atoms with Crippen molar-refractivity contribution >= 4 is 11.0 Å². The van der Waals surface area contributed by atoms with Gasteiger partial charge >= 0.3 is 0 Å². The third kappa shape index (κ3) is 2.31. The Labute approximate surface area is 95.0 Å². The lowest BCUT2D eigenvalue weighted by molar-refractivity contribution is 0.155. The molecule has 0 saturated carbocycles. The number of hydrogen-bond acceptors (Lipinski definition) is 2. The second-order valence-electron chi connectivity index (χ2n) is 4.20. The maximum Gasteiger partial charge on any atom is 0.0959 e. The standard InChI is InChI=1S/C13H16N2O/c1-10(2)7-11(16)8-15-9-14-12-5-3-4-6-13(12)15/h3-6,9,11,16H,1,7-8H2,2H3. The molecule has 1 aromatic carbocycles. The molecule has 2 aromatic rings. The third-order valence-electron chi connectivity index (χ3n) is 2.52. The summed E-state index contributed by atoms with van der Waals surface area (Å²) in [6.07, 6.45) is 2.01. The average Bonchev–Trinajstić information content (AvgIpc) is 2.61. The van der Waals surface area contributed by atoms with Gasteiger partial charge in [-0.2, -0.15) is 0 Å². The van der Waals surface area contributed by atoms with Crippen molar-refractivity contribution in [1.82, 2.24) is 9.55 Å². The van der Waals surface area contributed by atoms with Crippen LogP contribution in [0.1, 0.15) is 13.3 Å². The Balaban J connectivity index is 2.18. The first-order valence-corrected chi connectivity index (χ1v) is 5.39. The van der Waals surface area contributed by atoms with Gasteiger partial charge in [0, 0.05) is 0 Å². The fourth-order valence-corrected chi connectivity index (χ4v) is 1.85. The second kappa shape index (κ2) is 4.49. The lowest BCUT2D eigenvalue weighted by Gasteiger charge is -2.11. The van der Waals surface area contributed by atoms with E-state index in [-0.39, 0.29) is 0 Å². The van der Waals surface area contributed by atoms with E-state index in [0.29, 0.717) is 13.0 Å². The molecule has 84 valence electrons. The van der Waals surface area contributed by atoms with Crippen LogP contribution in [0.25, 0.3) is 11.0 Å². The smallest absolute Gasteiger partial charge is 0.0959 e. The first-order valence-electron chi connectivity index (χ1n) is 5.39. The van der Waals surface area contributed by atoms with Crippen molar-refractivity contribution in [1.29, 1.82) is 0 Å². The molecule has 1 N–H and O–H groups in total. The normalized spacial score (nSPS) is 12.9. The van der Waals surface area contributed by atoms with Crippen molar-refractivity contribution in [3.8, 4) is 0 Å². The van der Waals surface area contributed by atoms with E-state index in [9.17, 15) is 5.11 Å². The van der Waals surface area contributed by atoms with Crippen LogP contribution in [-0.4, -0.2) is 20.8 Å². The highest BCUT2D eigenvalue weighted by atomic mass is 16.3. The average molecular weight is 216 g/mol. The molecule has 0 bridgehead atoms. The van der Waals surface area contributed by atoms with Crippen molar-refractivity contribution in [2.24, 2.45) is 0 Å². The minimum Gasteiger partial charge on any atom is -0.391 e. The quantitative estimate of drug-likeness (QED) is 0.797. The summed E-state index contributed by atoms with van der Waals surface area (Å²) in [6, 6.07) is 7.92. The van der Waals surface area contributed by atoms with Gasteiger partial charge in [0.25, 0.3) is 0 Å². The lowest BCUT2D eigenvalue weighted by atomic mass is 10.1. The number of hydrogen-bond donors (Lipinski definition) is 1. The van der Waals surface area contributed by atoms with Crippen LogP contribution in [0.2, 0.25) is 0 Å². The van der Waals surface area contributed by atoms with E-state index < -0.39 is 6.10 Å². The van der Waals surface area contributed by atoms with E-state index in [2.05, 4.69) is 11.6 Å². The molecule has 0 radical (unpaired) electrons. The Morgan fingerprint density at radius 1 is 1.50 bits per heavy atom. The molecule has 0 amide bonds. The van der Waals surface area contributed by atoms with Crippen molar-refractivity contribution in [3.63, 3.8) is 0 Å². The van der Waals surface area contributed by atoms with Crippen LogP contribution in [0.3, 0.4) is 0 Å². The van der Waals surface area contributed by atoms with Gasteiger partial charge < -0.3 is 9.67 Å². The maximum atomic E-state index is 9.84. The number of imidazole rings is 1. The minimum atomic E-state index is -0.393. The monoisotopic (exact) mass is 216 g/mol. The molecule has 1 atom stereocenters. The summed E-state index contributed by atoms with van der Waals surface area (Å²) in [7, 11) is 0. The van der Waals surface area contributed by atoms with E-state index >= 15 is 0 Å². The zero-order valence-corrected chi connectivity index (χ0v) is 9.43. The van der Waals surface area contributed by atoms with Crippen molar-refractivity contribution in [3.05, 3.63) is 42.7 Å². The largest absolute Gasteiger partial charge is 0.391 e. The molecule has 16 heavy (non-hydrogen) atoms. The molecule has 0 saturated heterocycles. The zero-order valence-electron chi connectivity index (χ0n) is 9.43. The van der Waals surface area contributed by atoms with Crippen LogP contribution in [-0.2, 0) is 6.54 Å². The van der Waals surface area contributed by atoms with Gasteiger partial charge in [0.05, 0.1) is 30.0 Å². The van der Waals surface area contributed by atoms with Crippen molar-refractivity contribution < 1.29 is 5.11 Å². The Morgan fingerprint density at radius 2 is 2.25 bits per heavy atom. The highest BCUT2D eigenvalue weighted by molar-refractivity contribution is 5.74. The Bertz CT molecular complexity index is 501. The summed E-state index contributed by atoms with van der Waals surface area (Å²) in [4.78, 5) is 4.28. The molecular weight excluding hydrogens is 200 g/mol. The van der Waals surface area contributed by atoms with Gasteiger partial charge in [0.2, 0.25) is 0 Å². The fourth-order valence-electron chi connectivity index (χ4n) is 1.85. The molecule has 3 nitrogen and oxygen atoms in total. The number of aromatic nitrogens is 2. The predicted octanol–water partition coefficient (Wildman–Crippen LogP) is 2.36. The maximum absolute atomic E-state index is 9.84. The second-order valence-corrected chi connectivity index (χ2v) is 4.20. The van der Waals surface area contributed by atoms with Gasteiger partial charge in [-0.1, -0.05) is 17.7 Å². The van der Waals surface area contributed by atoms with Crippen LogP contribution < -0.4 is 0 Å².